The number of aromatic carboxylic acids is 2. The van der Waals surface area contributed by atoms with Crippen LogP contribution in [0.15, 0.2) is 73.1 Å². The standard InChI is InChI=1S/C51H58N6O12/c1-30-42(46(60)32-18-20-36(52)34(26-32)50(62)63)56-24-14-16-38(44(56)48(30)66-3)68-28-40(58)54-22-12-10-8-6-5-7-9-11-13-23-55-41(59)29-69-39-17-15-25-57-43(31(2)49(67-4)45(39)57)47(61)33-19-21-37(53)35(27-33)51(64)65/h14-21,24-27H,5-13,22-23,28-29,52-53H2,1-4H3,(H,54,58)(H,55,59)(H,62,63)(H,64,65). The topological polar surface area (TPSA) is 265 Å². The number of unbranched alkanes of at least 4 members (excludes halogenated alkanes) is 8. The molecule has 2 aromatic carbocycles. The smallest absolute Gasteiger partial charge is 0.337 e. The number of methoxy groups -OCH3 is 2. The molecule has 6 rings (SSSR count). The Morgan fingerprint density at radius 1 is 0.551 bits per heavy atom. The van der Waals surface area contributed by atoms with E-state index in [2.05, 4.69) is 10.6 Å². The lowest BCUT2D eigenvalue weighted by Gasteiger charge is -2.11. The van der Waals surface area contributed by atoms with Gasteiger partial charge in [0.05, 0.1) is 25.3 Å². The van der Waals surface area contributed by atoms with Crippen LogP contribution in [0.4, 0.5) is 11.4 Å². The molecular weight excluding hydrogens is 889 g/mol. The Morgan fingerprint density at radius 2 is 0.913 bits per heavy atom. The van der Waals surface area contributed by atoms with Crippen molar-refractivity contribution in [1.29, 1.82) is 0 Å². The van der Waals surface area contributed by atoms with Gasteiger partial charge in [-0.3, -0.25) is 19.2 Å². The number of nitrogens with two attached hydrogens (primary N) is 2. The highest BCUT2D eigenvalue weighted by molar-refractivity contribution is 6.13. The molecule has 18 heteroatoms. The number of carboxylic acids is 2. The molecule has 4 heterocycles. The van der Waals surface area contributed by atoms with Crippen molar-refractivity contribution in [2.75, 3.05) is 52.0 Å². The fourth-order valence-corrected chi connectivity index (χ4v) is 8.39. The number of nitrogens with zero attached hydrogens (tertiary/aromatic N) is 2. The third-order valence-electron chi connectivity index (χ3n) is 11.9. The van der Waals surface area contributed by atoms with Gasteiger partial charge in [0.2, 0.25) is 11.6 Å². The first-order valence-corrected chi connectivity index (χ1v) is 22.7. The summed E-state index contributed by atoms with van der Waals surface area (Å²) in [6, 6.07) is 14.9. The SMILES string of the molecule is COc1c(C)c(C(=O)c2ccc(N)c(C(=O)O)c2)n2cccc(OCC(=O)NCCCCCCCCCCCNC(=O)COc3cccn4c(C(=O)c5ccc(N)c(C(=O)O)c5)c(C)c(OC)c34)c12. The zero-order valence-corrected chi connectivity index (χ0v) is 39.1. The molecule has 69 heavy (non-hydrogen) atoms. The minimum Gasteiger partial charge on any atom is -0.494 e. The minimum absolute atomic E-state index is 0.0468. The van der Waals surface area contributed by atoms with E-state index in [0.717, 1.165) is 57.8 Å². The van der Waals surface area contributed by atoms with Crippen LogP contribution in [0.25, 0.3) is 11.0 Å². The molecule has 8 N–H and O–H groups in total. The molecule has 0 fully saturated rings. The van der Waals surface area contributed by atoms with E-state index >= 15 is 0 Å². The Kier molecular flexibility index (Phi) is 16.9. The van der Waals surface area contributed by atoms with Crippen molar-refractivity contribution in [2.24, 2.45) is 0 Å². The van der Waals surface area contributed by atoms with Crippen LogP contribution in [0.1, 0.15) is 122 Å². The molecule has 2 amide bonds. The lowest BCUT2D eigenvalue weighted by molar-refractivity contribution is -0.123. The molecule has 6 aromatic rings. The van der Waals surface area contributed by atoms with Crippen LogP contribution in [-0.2, 0) is 9.59 Å². The zero-order chi connectivity index (χ0) is 49.8. The van der Waals surface area contributed by atoms with Gasteiger partial charge in [-0.25, -0.2) is 9.59 Å². The summed E-state index contributed by atoms with van der Waals surface area (Å²) < 4.78 is 26.4. The summed E-state index contributed by atoms with van der Waals surface area (Å²) in [4.78, 5) is 76.1. The molecule has 0 saturated carbocycles. The van der Waals surface area contributed by atoms with E-state index in [0.29, 0.717) is 58.2 Å². The van der Waals surface area contributed by atoms with Gasteiger partial charge < -0.3 is 60.1 Å². The number of pyridine rings is 2. The number of nitrogens with one attached hydrogen (secondary N) is 2. The van der Waals surface area contributed by atoms with Crippen LogP contribution in [-0.4, -0.2) is 94.9 Å². The molecule has 0 aliphatic heterocycles. The number of aromatic nitrogens is 2. The minimum atomic E-state index is -1.24. The van der Waals surface area contributed by atoms with Gasteiger partial charge in [-0.15, -0.1) is 0 Å². The summed E-state index contributed by atoms with van der Waals surface area (Å²) >= 11 is 0. The number of ether oxygens (including phenoxy) is 4. The number of nitrogen functional groups attached to an aromatic ring is 2. The molecule has 0 saturated heterocycles. The normalized spacial score (nSPS) is 11.1. The van der Waals surface area contributed by atoms with Crippen LogP contribution in [0.2, 0.25) is 0 Å². The second-order valence-corrected chi connectivity index (χ2v) is 16.5. The zero-order valence-electron chi connectivity index (χ0n) is 39.1. The average molecular weight is 947 g/mol. The van der Waals surface area contributed by atoms with Crippen molar-refractivity contribution in [2.45, 2.75) is 71.6 Å². The van der Waals surface area contributed by atoms with E-state index in [-0.39, 0.29) is 70.0 Å². The maximum Gasteiger partial charge on any atom is 0.337 e. The van der Waals surface area contributed by atoms with Crippen molar-refractivity contribution >= 4 is 57.7 Å². The van der Waals surface area contributed by atoms with E-state index in [9.17, 15) is 39.0 Å². The number of ketones is 2. The highest BCUT2D eigenvalue weighted by Crippen LogP contribution is 2.39. The highest BCUT2D eigenvalue weighted by atomic mass is 16.5. The van der Waals surface area contributed by atoms with Gasteiger partial charge in [0.25, 0.3) is 11.8 Å². The third-order valence-corrected chi connectivity index (χ3v) is 11.9. The number of benzene rings is 2. The average Bonchev–Trinajstić information content (AvgIpc) is 3.80. The van der Waals surface area contributed by atoms with Gasteiger partial charge in [-0.2, -0.15) is 0 Å². The monoisotopic (exact) mass is 946 g/mol. The van der Waals surface area contributed by atoms with Crippen LogP contribution in [0.5, 0.6) is 23.0 Å². The Balaban J connectivity index is 0.850. The Labute approximate surface area is 398 Å². The number of anilines is 2. The molecule has 18 nitrogen and oxygen atoms in total. The molecule has 0 radical (unpaired) electrons. The lowest BCUT2D eigenvalue weighted by Crippen LogP contribution is -2.29. The van der Waals surface area contributed by atoms with Gasteiger partial charge in [0.1, 0.15) is 33.9 Å². The molecule has 0 bridgehead atoms. The summed E-state index contributed by atoms with van der Waals surface area (Å²) in [6.45, 7) is 3.98. The third kappa shape index (κ3) is 11.6. The number of hydrogen-bond acceptors (Lipinski definition) is 12. The summed E-state index contributed by atoms with van der Waals surface area (Å²) in [5, 5.41) is 24.8. The van der Waals surface area contributed by atoms with Crippen LogP contribution in [0, 0.1) is 13.8 Å². The van der Waals surface area contributed by atoms with E-state index in [1.165, 1.54) is 50.6 Å². The predicted octanol–water partition coefficient (Wildman–Crippen LogP) is 7.05. The van der Waals surface area contributed by atoms with Crippen molar-refractivity contribution in [3.63, 3.8) is 0 Å². The first-order chi connectivity index (χ1) is 33.2. The second kappa shape index (κ2) is 23.1. The molecule has 0 unspecified atom stereocenters. The molecule has 4 aromatic heterocycles. The summed E-state index contributed by atoms with van der Waals surface area (Å²) in [5.74, 6) is -2.44. The maximum absolute atomic E-state index is 13.7. The number of fused-ring (bicyclic) bond motifs is 2. The molecule has 0 atom stereocenters. The van der Waals surface area contributed by atoms with Crippen molar-refractivity contribution in [3.8, 4) is 23.0 Å². The van der Waals surface area contributed by atoms with Crippen LogP contribution in [0.3, 0.4) is 0 Å². The van der Waals surface area contributed by atoms with E-state index in [1.54, 1.807) is 59.3 Å². The number of amides is 2. The fourth-order valence-electron chi connectivity index (χ4n) is 8.39. The van der Waals surface area contributed by atoms with Gasteiger partial charge in [0.15, 0.2) is 24.7 Å². The summed E-state index contributed by atoms with van der Waals surface area (Å²) in [5.41, 5.74) is 14.1. The number of hydrogen-bond donors (Lipinski definition) is 6. The fraction of sp³-hybridized carbons (Fsp3) is 0.333. The van der Waals surface area contributed by atoms with Gasteiger partial charge in [-0.1, -0.05) is 44.9 Å². The first kappa shape index (κ1) is 50.4. The molecule has 364 valence electrons. The van der Waals surface area contributed by atoms with E-state index in [4.69, 9.17) is 30.4 Å². The Bertz CT molecular complexity index is 2710. The van der Waals surface area contributed by atoms with Crippen LogP contribution >= 0.6 is 0 Å². The molecular formula is C51H58N6O12. The largest absolute Gasteiger partial charge is 0.494 e. The number of carboxylic acid groups (broad SMARTS) is 2. The second-order valence-electron chi connectivity index (χ2n) is 16.5. The quantitative estimate of drug-likeness (QED) is 0.0181. The van der Waals surface area contributed by atoms with Crippen molar-refractivity contribution < 1.29 is 57.9 Å². The lowest BCUT2D eigenvalue weighted by atomic mass is 10.0. The Morgan fingerprint density at radius 3 is 1.26 bits per heavy atom. The van der Waals surface area contributed by atoms with Crippen molar-refractivity contribution in [3.05, 3.63) is 118 Å². The number of rotatable bonds is 26. The number of carbonyl (C=O) groups is 6. The molecule has 0 spiro atoms. The van der Waals surface area contributed by atoms with Gasteiger partial charge in [0, 0.05) is 59.1 Å². The molecule has 0 aliphatic rings. The van der Waals surface area contributed by atoms with E-state index < -0.39 is 23.5 Å². The predicted molar refractivity (Wildman–Crippen MR) is 258 cm³/mol. The first-order valence-electron chi connectivity index (χ1n) is 22.7. The van der Waals surface area contributed by atoms with E-state index in [1.807, 2.05) is 0 Å². The highest BCUT2D eigenvalue weighted by Gasteiger charge is 2.28. The number of carbonyl (C=O) groups excluding carboxylic acids is 4. The van der Waals surface area contributed by atoms with Crippen molar-refractivity contribution in [1.82, 2.24) is 19.4 Å². The summed E-state index contributed by atoms with van der Waals surface area (Å²) in [6.07, 6.45) is 12.3. The summed E-state index contributed by atoms with van der Waals surface area (Å²) in [7, 11) is 2.95. The Hall–Kier alpha value is -8.02. The van der Waals surface area contributed by atoms with Crippen LogP contribution < -0.4 is 41.0 Å². The van der Waals surface area contributed by atoms with Gasteiger partial charge in [-0.05, 0) is 87.4 Å². The van der Waals surface area contributed by atoms with Gasteiger partial charge >= 0.3 is 11.9 Å². The molecule has 0 aliphatic carbocycles. The maximum atomic E-state index is 13.7.